The van der Waals surface area contributed by atoms with Gasteiger partial charge in [-0.3, -0.25) is 14.2 Å². The van der Waals surface area contributed by atoms with Crippen molar-refractivity contribution in [1.29, 1.82) is 5.26 Å². The van der Waals surface area contributed by atoms with E-state index < -0.39 is 5.25 Å². The molecule has 0 saturated heterocycles. The molecule has 2 heterocycles. The largest absolute Gasteiger partial charge is 0.310 e. The third-order valence-corrected chi connectivity index (χ3v) is 7.29. The highest BCUT2D eigenvalue weighted by atomic mass is 32.2. The van der Waals surface area contributed by atoms with Crippen molar-refractivity contribution in [3.63, 3.8) is 0 Å². The molecule has 0 aliphatic carbocycles. The van der Waals surface area contributed by atoms with E-state index in [0.29, 0.717) is 21.9 Å². The minimum atomic E-state index is -0.476. The fraction of sp³-hybridized carbons (Fsp3) is 0.391. The Labute approximate surface area is 190 Å². The van der Waals surface area contributed by atoms with Crippen LogP contribution in [-0.2, 0) is 4.79 Å². The summed E-state index contributed by atoms with van der Waals surface area (Å²) in [5, 5.41) is 9.76. The monoisotopic (exact) mass is 454 g/mol. The second kappa shape index (κ2) is 9.67. The van der Waals surface area contributed by atoms with Gasteiger partial charge in [0.25, 0.3) is 5.56 Å². The smallest absolute Gasteiger partial charge is 0.263 e. The van der Waals surface area contributed by atoms with Crippen molar-refractivity contribution in [2.45, 2.75) is 57.5 Å². The fourth-order valence-corrected chi connectivity index (χ4v) is 5.56. The SMILES string of the molecule is Cc1sc2nc(SC(C)C(=O)N(CCC#N)c3ccccc3)n(C(C)C)c(=O)c2c1C. The van der Waals surface area contributed by atoms with Gasteiger partial charge in [0, 0.05) is 23.2 Å². The first kappa shape index (κ1) is 23.0. The number of carbonyl (C=O) groups excluding carboxylic acids is 1. The number of aryl methyl sites for hydroxylation is 2. The van der Waals surface area contributed by atoms with Crippen LogP contribution in [0.25, 0.3) is 10.2 Å². The highest BCUT2D eigenvalue weighted by molar-refractivity contribution is 8.00. The summed E-state index contributed by atoms with van der Waals surface area (Å²) >= 11 is 2.80. The van der Waals surface area contributed by atoms with Crippen LogP contribution >= 0.6 is 23.1 Å². The summed E-state index contributed by atoms with van der Waals surface area (Å²) in [6.45, 7) is 9.98. The maximum atomic E-state index is 13.3. The molecule has 0 fully saturated rings. The van der Waals surface area contributed by atoms with Gasteiger partial charge in [-0.1, -0.05) is 30.0 Å². The van der Waals surface area contributed by atoms with Crippen LogP contribution in [0.2, 0.25) is 0 Å². The highest BCUT2D eigenvalue weighted by Gasteiger charge is 2.26. The number of nitriles is 1. The molecule has 1 unspecified atom stereocenters. The van der Waals surface area contributed by atoms with Crippen LogP contribution in [-0.4, -0.2) is 27.3 Å². The van der Waals surface area contributed by atoms with E-state index in [4.69, 9.17) is 10.2 Å². The van der Waals surface area contributed by atoms with Crippen LogP contribution < -0.4 is 10.5 Å². The Kier molecular flexibility index (Phi) is 7.19. The van der Waals surface area contributed by atoms with Crippen LogP contribution in [0.4, 0.5) is 5.69 Å². The second-order valence-electron chi connectivity index (χ2n) is 7.62. The van der Waals surface area contributed by atoms with E-state index in [1.54, 1.807) is 9.47 Å². The maximum absolute atomic E-state index is 13.3. The maximum Gasteiger partial charge on any atom is 0.263 e. The Hall–Kier alpha value is -2.63. The van der Waals surface area contributed by atoms with Crippen molar-refractivity contribution < 1.29 is 4.79 Å². The number of rotatable bonds is 7. The molecular formula is C23H26N4O2S2. The topological polar surface area (TPSA) is 79.0 Å². The highest BCUT2D eigenvalue weighted by Crippen LogP contribution is 2.31. The molecule has 0 bridgehead atoms. The normalized spacial score (nSPS) is 12.2. The number of aromatic nitrogens is 2. The Morgan fingerprint density at radius 3 is 2.55 bits per heavy atom. The summed E-state index contributed by atoms with van der Waals surface area (Å²) in [6.07, 6.45) is 0.243. The van der Waals surface area contributed by atoms with Crippen molar-refractivity contribution in [2.24, 2.45) is 0 Å². The minimum Gasteiger partial charge on any atom is -0.310 e. The van der Waals surface area contributed by atoms with Crippen LogP contribution in [0, 0.1) is 25.2 Å². The molecule has 31 heavy (non-hydrogen) atoms. The number of benzene rings is 1. The molecule has 0 radical (unpaired) electrons. The van der Waals surface area contributed by atoms with Crippen molar-refractivity contribution in [2.75, 3.05) is 11.4 Å². The number of nitrogens with zero attached hydrogens (tertiary/aromatic N) is 4. The first-order valence-corrected chi connectivity index (χ1v) is 11.9. The van der Waals surface area contributed by atoms with Crippen molar-refractivity contribution in [1.82, 2.24) is 9.55 Å². The standard InChI is InChI=1S/C23H26N4O2S2/c1-14(2)27-22(29)19-15(3)16(4)30-20(19)25-23(27)31-17(5)21(28)26(13-9-12-24)18-10-7-6-8-11-18/h6-8,10-11,14,17H,9,13H2,1-5H3. The van der Waals surface area contributed by atoms with E-state index in [2.05, 4.69) is 6.07 Å². The van der Waals surface area contributed by atoms with Crippen molar-refractivity contribution in [3.8, 4) is 6.07 Å². The molecule has 3 rings (SSSR count). The van der Waals surface area contributed by atoms with E-state index in [-0.39, 0.29) is 23.9 Å². The number of hydrogen-bond acceptors (Lipinski definition) is 6. The summed E-state index contributed by atoms with van der Waals surface area (Å²) in [5.41, 5.74) is 1.66. The lowest BCUT2D eigenvalue weighted by molar-refractivity contribution is -0.117. The van der Waals surface area contributed by atoms with E-state index in [1.165, 1.54) is 23.1 Å². The lowest BCUT2D eigenvalue weighted by atomic mass is 10.2. The van der Waals surface area contributed by atoms with Gasteiger partial charge >= 0.3 is 0 Å². The van der Waals surface area contributed by atoms with Gasteiger partial charge < -0.3 is 4.90 Å². The summed E-state index contributed by atoms with van der Waals surface area (Å²) in [7, 11) is 0. The Bertz CT molecular complexity index is 1190. The number of fused-ring (bicyclic) bond motifs is 1. The predicted octanol–water partition coefficient (Wildman–Crippen LogP) is 5.08. The molecule has 162 valence electrons. The van der Waals surface area contributed by atoms with Crippen molar-refractivity contribution in [3.05, 3.63) is 51.1 Å². The van der Waals surface area contributed by atoms with Gasteiger partial charge in [0.05, 0.1) is 23.1 Å². The van der Waals surface area contributed by atoms with Crippen LogP contribution in [0.5, 0.6) is 0 Å². The van der Waals surface area contributed by atoms with Gasteiger partial charge in [-0.05, 0) is 52.3 Å². The Morgan fingerprint density at radius 2 is 1.94 bits per heavy atom. The molecule has 1 aromatic carbocycles. The number of amides is 1. The molecule has 3 aromatic rings. The predicted molar refractivity (Wildman–Crippen MR) is 128 cm³/mol. The molecule has 0 aliphatic heterocycles. The molecule has 0 saturated carbocycles. The fourth-order valence-electron chi connectivity index (χ4n) is 3.39. The number of hydrogen-bond donors (Lipinski definition) is 0. The third kappa shape index (κ3) is 4.68. The Balaban J connectivity index is 1.99. The quantitative estimate of drug-likeness (QED) is 0.367. The zero-order valence-corrected chi connectivity index (χ0v) is 20.0. The summed E-state index contributed by atoms with van der Waals surface area (Å²) in [5.74, 6) is -0.116. The molecule has 8 heteroatoms. The number of thioether (sulfide) groups is 1. The lowest BCUT2D eigenvalue weighted by Gasteiger charge is -2.25. The van der Waals surface area contributed by atoms with Crippen LogP contribution in [0.3, 0.4) is 0 Å². The van der Waals surface area contributed by atoms with Gasteiger partial charge in [0.1, 0.15) is 4.83 Å². The molecule has 1 amide bonds. The summed E-state index contributed by atoms with van der Waals surface area (Å²) < 4.78 is 1.68. The van der Waals surface area contributed by atoms with Crippen LogP contribution in [0.15, 0.2) is 40.3 Å². The molecule has 0 N–H and O–H groups in total. The number of anilines is 1. The summed E-state index contributed by atoms with van der Waals surface area (Å²) in [6, 6.07) is 11.4. The minimum absolute atomic E-state index is 0.0617. The van der Waals surface area contributed by atoms with Gasteiger partial charge in [-0.15, -0.1) is 11.3 Å². The average molecular weight is 455 g/mol. The first-order chi connectivity index (χ1) is 14.8. The number of carbonyl (C=O) groups is 1. The molecule has 0 aliphatic rings. The molecular weight excluding hydrogens is 428 g/mol. The zero-order chi connectivity index (χ0) is 22.7. The Morgan fingerprint density at radius 1 is 1.26 bits per heavy atom. The van der Waals surface area contributed by atoms with E-state index in [0.717, 1.165) is 16.1 Å². The van der Waals surface area contributed by atoms with Crippen molar-refractivity contribution >= 4 is 44.9 Å². The lowest BCUT2D eigenvalue weighted by Crippen LogP contribution is -2.38. The molecule has 2 aromatic heterocycles. The molecule has 6 nitrogen and oxygen atoms in total. The molecule has 0 spiro atoms. The summed E-state index contributed by atoms with van der Waals surface area (Å²) in [4.78, 5) is 34.8. The second-order valence-corrected chi connectivity index (χ2v) is 10.1. The first-order valence-electron chi connectivity index (χ1n) is 10.2. The number of para-hydroxylation sites is 1. The zero-order valence-electron chi connectivity index (χ0n) is 18.4. The van der Waals surface area contributed by atoms with Gasteiger partial charge in [-0.2, -0.15) is 5.26 Å². The van der Waals surface area contributed by atoms with Gasteiger partial charge in [0.15, 0.2) is 5.16 Å². The van der Waals surface area contributed by atoms with Gasteiger partial charge in [0.2, 0.25) is 5.91 Å². The van der Waals surface area contributed by atoms with Gasteiger partial charge in [-0.25, -0.2) is 4.98 Å². The average Bonchev–Trinajstić information content (AvgIpc) is 3.02. The van der Waals surface area contributed by atoms with E-state index in [9.17, 15) is 9.59 Å². The molecule has 1 atom stereocenters. The van der Waals surface area contributed by atoms with E-state index in [1.807, 2.05) is 65.0 Å². The third-order valence-electron chi connectivity index (χ3n) is 5.13. The number of thiophene rings is 1. The van der Waals surface area contributed by atoms with E-state index >= 15 is 0 Å². The van der Waals surface area contributed by atoms with Crippen LogP contribution in [0.1, 0.15) is 43.7 Å².